The quantitative estimate of drug-likeness (QED) is 0.681. The maximum atomic E-state index is 4.81. The largest absolute Gasteiger partial charge is 0.362 e. The Bertz CT molecular complexity index is 657. The Morgan fingerprint density at radius 2 is 1.75 bits per heavy atom. The van der Waals surface area contributed by atoms with Gasteiger partial charge in [0.1, 0.15) is 11.6 Å². The molecule has 0 aliphatic heterocycles. The maximum Gasteiger partial charge on any atom is 0.139 e. The normalized spacial score (nSPS) is 21.1. The van der Waals surface area contributed by atoms with Crippen LogP contribution in [0, 0.1) is 11.8 Å². The number of hydrogen-bond acceptors (Lipinski definition) is 3. The van der Waals surface area contributed by atoms with Crippen molar-refractivity contribution in [3.63, 3.8) is 0 Å². The van der Waals surface area contributed by atoms with Crippen LogP contribution in [-0.2, 0) is 6.42 Å². The Morgan fingerprint density at radius 1 is 1.00 bits per heavy atom. The summed E-state index contributed by atoms with van der Waals surface area (Å²) < 4.78 is 0. The average Bonchev–Trinajstić information content (AvgIpc) is 2.59. The van der Waals surface area contributed by atoms with E-state index in [0.717, 1.165) is 40.8 Å². The molecule has 0 N–H and O–H groups in total. The van der Waals surface area contributed by atoms with Crippen molar-refractivity contribution in [1.82, 2.24) is 9.97 Å². The first-order valence-corrected chi connectivity index (χ1v) is 9.56. The van der Waals surface area contributed by atoms with Gasteiger partial charge in [0.15, 0.2) is 0 Å². The van der Waals surface area contributed by atoms with Crippen LogP contribution >= 0.6 is 0 Å². The summed E-state index contributed by atoms with van der Waals surface area (Å²) in [6, 6.07) is 8.32. The van der Waals surface area contributed by atoms with E-state index in [1.165, 1.54) is 44.9 Å². The fourth-order valence-electron chi connectivity index (χ4n) is 3.89. The van der Waals surface area contributed by atoms with Gasteiger partial charge in [-0.15, -0.1) is 0 Å². The zero-order valence-corrected chi connectivity index (χ0v) is 15.5. The van der Waals surface area contributed by atoms with Gasteiger partial charge >= 0.3 is 0 Å². The molecular weight excluding hydrogens is 294 g/mol. The lowest BCUT2D eigenvalue weighted by Gasteiger charge is -2.26. The molecule has 2 aromatic rings. The first-order valence-electron chi connectivity index (χ1n) is 9.56. The van der Waals surface area contributed by atoms with Gasteiger partial charge in [0, 0.05) is 25.9 Å². The average molecular weight is 326 g/mol. The van der Waals surface area contributed by atoms with Crippen LogP contribution in [0.15, 0.2) is 24.3 Å². The lowest BCUT2D eigenvalue weighted by Crippen LogP contribution is -2.13. The minimum atomic E-state index is 0.955. The van der Waals surface area contributed by atoms with Crippen molar-refractivity contribution >= 4 is 16.7 Å². The molecule has 24 heavy (non-hydrogen) atoms. The molecule has 1 saturated carbocycles. The van der Waals surface area contributed by atoms with E-state index in [0.29, 0.717) is 0 Å². The van der Waals surface area contributed by atoms with Crippen LogP contribution < -0.4 is 4.90 Å². The summed E-state index contributed by atoms with van der Waals surface area (Å²) in [4.78, 5) is 11.7. The fourth-order valence-corrected chi connectivity index (χ4v) is 3.89. The molecule has 0 amide bonds. The third-order valence-electron chi connectivity index (χ3n) is 5.45. The summed E-state index contributed by atoms with van der Waals surface area (Å²) in [6.07, 6.45) is 10.7. The molecular formula is C21H31N3. The third kappa shape index (κ3) is 4.25. The Morgan fingerprint density at radius 3 is 2.50 bits per heavy atom. The fraction of sp³-hybridized carbons (Fsp3) is 0.619. The van der Waals surface area contributed by atoms with Crippen LogP contribution in [0.2, 0.25) is 0 Å². The van der Waals surface area contributed by atoms with Gasteiger partial charge in [-0.1, -0.05) is 57.6 Å². The third-order valence-corrected chi connectivity index (χ3v) is 5.45. The molecule has 1 aromatic carbocycles. The number of hydrogen-bond donors (Lipinski definition) is 0. The molecule has 3 rings (SSSR count). The number of fused-ring (bicyclic) bond motifs is 1. The SMILES string of the molecule is CC1CCC(CCCCc2nc(N(C)C)c3ccccc3n2)CC1. The second-order valence-electron chi connectivity index (χ2n) is 7.75. The predicted molar refractivity (Wildman–Crippen MR) is 103 cm³/mol. The van der Waals surface area contributed by atoms with Crippen LogP contribution in [0.4, 0.5) is 5.82 Å². The zero-order chi connectivity index (χ0) is 16.9. The van der Waals surface area contributed by atoms with Crippen LogP contribution in [0.1, 0.15) is 57.7 Å². The van der Waals surface area contributed by atoms with E-state index >= 15 is 0 Å². The molecule has 3 nitrogen and oxygen atoms in total. The summed E-state index contributed by atoms with van der Waals surface area (Å²) in [6.45, 7) is 2.40. The van der Waals surface area contributed by atoms with E-state index in [2.05, 4.69) is 50.2 Å². The van der Waals surface area contributed by atoms with E-state index in [-0.39, 0.29) is 0 Å². The standard InChI is InChI=1S/C21H31N3/c1-16-12-14-17(15-13-16)8-4-7-11-20-22-19-10-6-5-9-18(19)21(23-20)24(2)3/h5-6,9-10,16-17H,4,7-8,11-15H2,1-3H3. The van der Waals surface area contributed by atoms with Crippen molar-refractivity contribution in [1.29, 1.82) is 0 Å². The highest BCUT2D eigenvalue weighted by atomic mass is 15.1. The molecule has 1 aromatic heterocycles. The molecule has 0 radical (unpaired) electrons. The molecule has 3 heteroatoms. The molecule has 0 spiro atoms. The number of unbranched alkanes of at least 4 members (excludes halogenated alkanes) is 1. The van der Waals surface area contributed by atoms with E-state index < -0.39 is 0 Å². The molecule has 0 atom stereocenters. The lowest BCUT2D eigenvalue weighted by atomic mass is 9.80. The number of nitrogens with zero attached hydrogens (tertiary/aromatic N) is 3. The molecule has 130 valence electrons. The van der Waals surface area contributed by atoms with Gasteiger partial charge in [-0.3, -0.25) is 0 Å². The maximum absolute atomic E-state index is 4.81. The minimum Gasteiger partial charge on any atom is -0.362 e. The van der Waals surface area contributed by atoms with Crippen molar-refractivity contribution in [2.24, 2.45) is 11.8 Å². The van der Waals surface area contributed by atoms with Crippen LogP contribution in [0.3, 0.4) is 0 Å². The number of para-hydroxylation sites is 1. The van der Waals surface area contributed by atoms with Gasteiger partial charge < -0.3 is 4.90 Å². The summed E-state index contributed by atoms with van der Waals surface area (Å²) in [5.74, 6) is 3.96. The highest BCUT2D eigenvalue weighted by Crippen LogP contribution is 2.31. The summed E-state index contributed by atoms with van der Waals surface area (Å²) in [5.41, 5.74) is 1.06. The smallest absolute Gasteiger partial charge is 0.139 e. The number of benzene rings is 1. The molecule has 1 fully saturated rings. The highest BCUT2D eigenvalue weighted by molar-refractivity contribution is 5.89. The monoisotopic (exact) mass is 325 g/mol. The van der Waals surface area contributed by atoms with E-state index in [9.17, 15) is 0 Å². The number of aryl methyl sites for hydroxylation is 1. The lowest BCUT2D eigenvalue weighted by molar-refractivity contribution is 0.272. The van der Waals surface area contributed by atoms with Crippen molar-refractivity contribution in [2.75, 3.05) is 19.0 Å². The number of anilines is 1. The topological polar surface area (TPSA) is 29.0 Å². The first-order chi connectivity index (χ1) is 11.6. The molecule has 0 bridgehead atoms. The van der Waals surface area contributed by atoms with Gasteiger partial charge in [-0.2, -0.15) is 0 Å². The zero-order valence-electron chi connectivity index (χ0n) is 15.5. The van der Waals surface area contributed by atoms with Gasteiger partial charge in [-0.25, -0.2) is 9.97 Å². The number of rotatable bonds is 6. The van der Waals surface area contributed by atoms with Crippen LogP contribution in [-0.4, -0.2) is 24.1 Å². The molecule has 1 aliphatic carbocycles. The van der Waals surface area contributed by atoms with E-state index in [1.54, 1.807) is 0 Å². The molecule has 0 saturated heterocycles. The van der Waals surface area contributed by atoms with Gasteiger partial charge in [0.05, 0.1) is 5.52 Å². The highest BCUT2D eigenvalue weighted by Gasteiger charge is 2.17. The van der Waals surface area contributed by atoms with Gasteiger partial charge in [-0.05, 0) is 30.4 Å². The van der Waals surface area contributed by atoms with Crippen molar-refractivity contribution in [3.8, 4) is 0 Å². The molecule has 0 unspecified atom stereocenters. The van der Waals surface area contributed by atoms with Crippen LogP contribution in [0.5, 0.6) is 0 Å². The van der Waals surface area contributed by atoms with Crippen LogP contribution in [0.25, 0.3) is 10.9 Å². The Balaban J connectivity index is 1.57. The first kappa shape index (κ1) is 17.2. The predicted octanol–water partition coefficient (Wildman–Crippen LogP) is 5.23. The van der Waals surface area contributed by atoms with E-state index in [1.807, 2.05) is 0 Å². The van der Waals surface area contributed by atoms with Crippen molar-refractivity contribution < 1.29 is 0 Å². The molecule has 1 aliphatic rings. The van der Waals surface area contributed by atoms with Crippen molar-refractivity contribution in [3.05, 3.63) is 30.1 Å². The van der Waals surface area contributed by atoms with Gasteiger partial charge in [0.2, 0.25) is 0 Å². The van der Waals surface area contributed by atoms with Crippen molar-refractivity contribution in [2.45, 2.75) is 58.3 Å². The number of aromatic nitrogens is 2. The summed E-state index contributed by atoms with van der Waals surface area (Å²) >= 11 is 0. The Kier molecular flexibility index (Phi) is 5.70. The Hall–Kier alpha value is -1.64. The molecule has 1 heterocycles. The van der Waals surface area contributed by atoms with Gasteiger partial charge in [0.25, 0.3) is 0 Å². The second-order valence-corrected chi connectivity index (χ2v) is 7.75. The summed E-state index contributed by atoms with van der Waals surface area (Å²) in [7, 11) is 4.12. The minimum absolute atomic E-state index is 0.955. The summed E-state index contributed by atoms with van der Waals surface area (Å²) in [5, 5.41) is 1.14. The Labute approximate surface area is 146 Å². The van der Waals surface area contributed by atoms with E-state index in [4.69, 9.17) is 9.97 Å². The second kappa shape index (κ2) is 7.96.